The molecule has 0 aromatic heterocycles. The zero-order valence-corrected chi connectivity index (χ0v) is 13.0. The Labute approximate surface area is 134 Å². The van der Waals surface area contributed by atoms with Crippen molar-refractivity contribution in [3.8, 4) is 5.75 Å². The minimum atomic E-state index is -1.34. The van der Waals surface area contributed by atoms with Crippen molar-refractivity contribution in [1.29, 1.82) is 0 Å². The van der Waals surface area contributed by atoms with E-state index in [1.807, 2.05) is 6.92 Å². The number of aromatic hydroxyl groups is 1. The molecule has 0 spiro atoms. The number of carboxylic acid groups (broad SMARTS) is 1. The van der Waals surface area contributed by atoms with E-state index in [1.54, 1.807) is 42.5 Å². The van der Waals surface area contributed by atoms with E-state index in [2.05, 4.69) is 5.32 Å². The number of hydrogen-bond donors (Lipinski definition) is 3. The molecule has 0 fully saturated rings. The number of aryl methyl sites for hydroxylation is 1. The number of carbonyl (C=O) groups is 2. The molecule has 0 heterocycles. The number of phenols is 1. The van der Waals surface area contributed by atoms with Gasteiger partial charge in [-0.1, -0.05) is 36.4 Å². The fourth-order valence-electron chi connectivity index (χ4n) is 2.37. The van der Waals surface area contributed by atoms with Crippen molar-refractivity contribution in [2.45, 2.75) is 25.7 Å². The molecule has 0 bridgehead atoms. The summed E-state index contributed by atoms with van der Waals surface area (Å²) in [7, 11) is 0. The molecule has 0 unspecified atom stereocenters. The van der Waals surface area contributed by atoms with Gasteiger partial charge in [0.05, 0.1) is 11.1 Å². The first kappa shape index (κ1) is 16.5. The van der Waals surface area contributed by atoms with Crippen molar-refractivity contribution in [2.24, 2.45) is 0 Å². The summed E-state index contributed by atoms with van der Waals surface area (Å²) >= 11 is 0. The van der Waals surface area contributed by atoms with Crippen molar-refractivity contribution >= 4 is 17.6 Å². The van der Waals surface area contributed by atoms with Gasteiger partial charge in [0.2, 0.25) is 5.91 Å². The van der Waals surface area contributed by atoms with Crippen molar-refractivity contribution in [1.82, 2.24) is 0 Å². The monoisotopic (exact) mass is 313 g/mol. The van der Waals surface area contributed by atoms with E-state index in [0.29, 0.717) is 5.56 Å². The summed E-state index contributed by atoms with van der Waals surface area (Å²) in [6.07, 6.45) is -0.236. The lowest BCUT2D eigenvalue weighted by atomic mass is 9.79. The second-order valence-electron chi connectivity index (χ2n) is 5.75. The molecule has 120 valence electrons. The molecular formula is C18H19NO4. The molecule has 0 aliphatic rings. The van der Waals surface area contributed by atoms with Gasteiger partial charge in [0.25, 0.3) is 0 Å². The highest BCUT2D eigenvalue weighted by Gasteiger charge is 2.37. The van der Waals surface area contributed by atoms with Gasteiger partial charge in [-0.15, -0.1) is 0 Å². The standard InChI is InChI=1S/C18H19NO4/c1-12-8-9-14(15(20)10-12)19-16(21)11-18(2,17(22)23)13-6-4-3-5-7-13/h3-10,20H,11H2,1-2H3,(H,19,21)(H,22,23)/t18-/m1/s1. The van der Waals surface area contributed by atoms with Crippen LogP contribution in [0.4, 0.5) is 5.69 Å². The average molecular weight is 313 g/mol. The van der Waals surface area contributed by atoms with Gasteiger partial charge in [-0.3, -0.25) is 9.59 Å². The Morgan fingerprint density at radius 1 is 1.13 bits per heavy atom. The van der Waals surface area contributed by atoms with Gasteiger partial charge in [-0.05, 0) is 37.1 Å². The van der Waals surface area contributed by atoms with Gasteiger partial charge < -0.3 is 15.5 Å². The van der Waals surface area contributed by atoms with Crippen molar-refractivity contribution in [3.05, 3.63) is 59.7 Å². The second kappa shape index (κ2) is 6.52. The number of amides is 1. The minimum absolute atomic E-state index is 0.0462. The molecule has 2 aromatic carbocycles. The number of nitrogens with one attached hydrogen (secondary N) is 1. The van der Waals surface area contributed by atoms with E-state index in [1.165, 1.54) is 13.0 Å². The fraction of sp³-hybridized carbons (Fsp3) is 0.222. The molecule has 1 atom stereocenters. The normalized spacial score (nSPS) is 13.1. The SMILES string of the molecule is Cc1ccc(NC(=O)C[C@@](C)(C(=O)O)c2ccccc2)c(O)c1. The third kappa shape index (κ3) is 3.69. The third-order valence-corrected chi connectivity index (χ3v) is 3.82. The lowest BCUT2D eigenvalue weighted by molar-refractivity contribution is -0.145. The quantitative estimate of drug-likeness (QED) is 0.740. The van der Waals surface area contributed by atoms with Crippen LogP contribution in [0.5, 0.6) is 5.75 Å². The molecule has 0 saturated heterocycles. The van der Waals surface area contributed by atoms with Crippen molar-refractivity contribution in [3.63, 3.8) is 0 Å². The first-order valence-electron chi connectivity index (χ1n) is 7.21. The lowest BCUT2D eigenvalue weighted by Gasteiger charge is -2.24. The first-order valence-corrected chi connectivity index (χ1v) is 7.21. The summed E-state index contributed by atoms with van der Waals surface area (Å²) in [5.74, 6) is -1.60. The van der Waals surface area contributed by atoms with Crippen LogP contribution in [0.25, 0.3) is 0 Å². The van der Waals surface area contributed by atoms with Crippen LogP contribution in [0.1, 0.15) is 24.5 Å². The number of rotatable bonds is 5. The minimum Gasteiger partial charge on any atom is -0.506 e. The molecule has 0 aliphatic carbocycles. The summed E-state index contributed by atoms with van der Waals surface area (Å²) in [6.45, 7) is 3.33. The highest BCUT2D eigenvalue weighted by atomic mass is 16.4. The Hall–Kier alpha value is -2.82. The number of carbonyl (C=O) groups excluding carboxylic acids is 1. The third-order valence-electron chi connectivity index (χ3n) is 3.82. The summed E-state index contributed by atoms with van der Waals surface area (Å²) in [5.41, 5.74) is 0.336. The van der Waals surface area contributed by atoms with Crippen LogP contribution in [0.15, 0.2) is 48.5 Å². The van der Waals surface area contributed by atoms with Gasteiger partial charge in [0.15, 0.2) is 0 Å². The van der Waals surface area contributed by atoms with E-state index in [0.717, 1.165) is 5.56 Å². The van der Waals surface area contributed by atoms with E-state index in [4.69, 9.17) is 0 Å². The van der Waals surface area contributed by atoms with Crippen molar-refractivity contribution < 1.29 is 19.8 Å². The number of phenolic OH excluding ortho intramolecular Hbond substituents is 1. The van der Waals surface area contributed by atoms with E-state index < -0.39 is 17.3 Å². The van der Waals surface area contributed by atoms with Gasteiger partial charge in [-0.2, -0.15) is 0 Å². The zero-order chi connectivity index (χ0) is 17.0. The Morgan fingerprint density at radius 3 is 2.35 bits per heavy atom. The summed E-state index contributed by atoms with van der Waals surface area (Å²) in [5, 5.41) is 22.0. The molecule has 2 rings (SSSR count). The maximum atomic E-state index is 12.3. The number of anilines is 1. The smallest absolute Gasteiger partial charge is 0.314 e. The van der Waals surface area contributed by atoms with E-state index >= 15 is 0 Å². The molecule has 3 N–H and O–H groups in total. The highest BCUT2D eigenvalue weighted by molar-refractivity contribution is 5.97. The van der Waals surface area contributed by atoms with E-state index in [-0.39, 0.29) is 17.9 Å². The molecule has 23 heavy (non-hydrogen) atoms. The molecule has 5 nitrogen and oxygen atoms in total. The van der Waals surface area contributed by atoms with Crippen LogP contribution < -0.4 is 5.32 Å². The number of carboxylic acids is 1. The second-order valence-corrected chi connectivity index (χ2v) is 5.75. The van der Waals surface area contributed by atoms with Gasteiger partial charge >= 0.3 is 5.97 Å². The summed E-state index contributed by atoms with van der Waals surface area (Å²) in [6, 6.07) is 13.5. The Bertz CT molecular complexity index is 727. The van der Waals surface area contributed by atoms with Crippen LogP contribution in [0.2, 0.25) is 0 Å². The van der Waals surface area contributed by atoms with Crippen LogP contribution in [0, 0.1) is 6.92 Å². The predicted octanol–water partition coefficient (Wildman–Crippen LogP) is 3.07. The lowest BCUT2D eigenvalue weighted by Crippen LogP contribution is -2.36. The van der Waals surface area contributed by atoms with Crippen LogP contribution >= 0.6 is 0 Å². The Kier molecular flexibility index (Phi) is 4.69. The van der Waals surface area contributed by atoms with Crippen LogP contribution in [-0.4, -0.2) is 22.1 Å². The molecule has 5 heteroatoms. The number of benzene rings is 2. The van der Waals surface area contributed by atoms with Crippen LogP contribution in [0.3, 0.4) is 0 Å². The molecule has 1 amide bonds. The van der Waals surface area contributed by atoms with Gasteiger partial charge in [0.1, 0.15) is 5.75 Å². The number of aliphatic carboxylic acids is 1. The maximum absolute atomic E-state index is 12.3. The zero-order valence-electron chi connectivity index (χ0n) is 13.0. The molecular weight excluding hydrogens is 294 g/mol. The Morgan fingerprint density at radius 2 is 1.78 bits per heavy atom. The van der Waals surface area contributed by atoms with E-state index in [9.17, 15) is 19.8 Å². The fourth-order valence-corrected chi connectivity index (χ4v) is 2.37. The highest BCUT2D eigenvalue weighted by Crippen LogP contribution is 2.30. The van der Waals surface area contributed by atoms with Crippen molar-refractivity contribution in [2.75, 3.05) is 5.32 Å². The first-order chi connectivity index (χ1) is 10.8. The molecule has 0 aliphatic heterocycles. The predicted molar refractivity (Wildman–Crippen MR) is 87.5 cm³/mol. The molecule has 0 saturated carbocycles. The molecule has 2 aromatic rings. The van der Waals surface area contributed by atoms with Gasteiger partial charge in [-0.25, -0.2) is 0 Å². The molecule has 0 radical (unpaired) electrons. The topological polar surface area (TPSA) is 86.6 Å². The maximum Gasteiger partial charge on any atom is 0.314 e. The number of hydrogen-bond acceptors (Lipinski definition) is 3. The largest absolute Gasteiger partial charge is 0.506 e. The Balaban J connectivity index is 2.20. The van der Waals surface area contributed by atoms with Gasteiger partial charge in [0, 0.05) is 6.42 Å². The summed E-state index contributed by atoms with van der Waals surface area (Å²) in [4.78, 5) is 23.9. The van der Waals surface area contributed by atoms with Crippen LogP contribution in [-0.2, 0) is 15.0 Å². The average Bonchev–Trinajstić information content (AvgIpc) is 2.50. The summed E-state index contributed by atoms with van der Waals surface area (Å²) < 4.78 is 0.